The molecule has 0 aliphatic carbocycles. The smallest absolute Gasteiger partial charge is 0.387 e. The Bertz CT molecular complexity index is 990. The van der Waals surface area contributed by atoms with Gasteiger partial charge in [-0.1, -0.05) is 11.6 Å². The van der Waals surface area contributed by atoms with Gasteiger partial charge in [0, 0.05) is 5.69 Å². The second-order valence-corrected chi connectivity index (χ2v) is 6.19. The van der Waals surface area contributed by atoms with E-state index in [9.17, 15) is 18.4 Å². The van der Waals surface area contributed by atoms with Gasteiger partial charge in [0.2, 0.25) is 5.91 Å². The maximum atomic E-state index is 12.2. The van der Waals surface area contributed by atoms with Gasteiger partial charge >= 0.3 is 6.61 Å². The molecule has 3 aromatic rings. The van der Waals surface area contributed by atoms with E-state index in [1.165, 1.54) is 40.4 Å². The van der Waals surface area contributed by atoms with E-state index in [-0.39, 0.29) is 28.6 Å². The van der Waals surface area contributed by atoms with Crippen LogP contribution in [0, 0.1) is 0 Å². The summed E-state index contributed by atoms with van der Waals surface area (Å²) in [6.07, 6.45) is 1.30. The van der Waals surface area contributed by atoms with Gasteiger partial charge in [0.1, 0.15) is 17.1 Å². The molecule has 6 nitrogen and oxygen atoms in total. The Morgan fingerprint density at radius 3 is 2.92 bits per heavy atom. The van der Waals surface area contributed by atoms with Crippen LogP contribution in [-0.4, -0.2) is 22.1 Å². The number of ether oxygens (including phenoxy) is 1. The van der Waals surface area contributed by atoms with Crippen LogP contribution in [0.15, 0.2) is 40.8 Å². The molecule has 0 saturated heterocycles. The minimum absolute atomic E-state index is 0.0726. The fourth-order valence-corrected chi connectivity index (χ4v) is 3.08. The Morgan fingerprint density at radius 2 is 2.20 bits per heavy atom. The number of nitrogens with zero attached hydrogens (tertiary/aromatic N) is 2. The van der Waals surface area contributed by atoms with Crippen molar-refractivity contribution in [2.45, 2.75) is 13.2 Å². The maximum Gasteiger partial charge on any atom is 0.387 e. The number of hydrogen-bond acceptors (Lipinski definition) is 5. The minimum Gasteiger partial charge on any atom is -0.433 e. The van der Waals surface area contributed by atoms with Crippen molar-refractivity contribution in [2.75, 3.05) is 5.32 Å². The fourth-order valence-electron chi connectivity index (χ4n) is 2.13. The molecule has 3 rings (SSSR count). The van der Waals surface area contributed by atoms with Crippen molar-refractivity contribution < 1.29 is 18.3 Å². The average Bonchev–Trinajstić information content (AvgIpc) is 3.02. The number of thiophene rings is 1. The molecule has 0 aliphatic heterocycles. The molecule has 2 aromatic heterocycles. The Hall–Kier alpha value is -2.52. The fraction of sp³-hybridized carbons (Fsp3) is 0.133. The standard InChI is InChI=1S/C15H10ClF2N3O3S/c16-10-5-8(1-2-11(10)24-15(17)18)20-12(22)6-21-7-19-13-9(14(21)23)3-4-25-13/h1-5,7,15H,6H2,(H,20,22). The molecule has 1 N–H and O–H groups in total. The lowest BCUT2D eigenvalue weighted by atomic mass is 10.3. The van der Waals surface area contributed by atoms with Crippen LogP contribution in [0.3, 0.4) is 0 Å². The van der Waals surface area contributed by atoms with E-state index >= 15 is 0 Å². The number of amides is 1. The average molecular weight is 386 g/mol. The third-order valence-corrected chi connectivity index (χ3v) is 4.31. The Balaban J connectivity index is 1.72. The molecular weight excluding hydrogens is 376 g/mol. The number of hydrogen-bond donors (Lipinski definition) is 1. The highest BCUT2D eigenvalue weighted by Gasteiger charge is 2.12. The van der Waals surface area contributed by atoms with E-state index in [0.29, 0.717) is 10.2 Å². The monoisotopic (exact) mass is 385 g/mol. The number of anilines is 1. The number of aromatic nitrogens is 2. The van der Waals surface area contributed by atoms with Gasteiger partial charge in [-0.2, -0.15) is 8.78 Å². The van der Waals surface area contributed by atoms with Crippen LogP contribution in [0.4, 0.5) is 14.5 Å². The molecule has 0 fully saturated rings. The summed E-state index contributed by atoms with van der Waals surface area (Å²) in [5.74, 6) is -0.685. The molecule has 0 radical (unpaired) electrons. The van der Waals surface area contributed by atoms with E-state index in [1.54, 1.807) is 11.4 Å². The summed E-state index contributed by atoms with van der Waals surface area (Å²) in [7, 11) is 0. The van der Waals surface area contributed by atoms with Crippen LogP contribution in [0.2, 0.25) is 5.02 Å². The van der Waals surface area contributed by atoms with Gasteiger partial charge in [-0.3, -0.25) is 14.2 Å². The van der Waals surface area contributed by atoms with Crippen LogP contribution >= 0.6 is 22.9 Å². The zero-order valence-corrected chi connectivity index (χ0v) is 14.0. The van der Waals surface area contributed by atoms with E-state index in [1.807, 2.05) is 0 Å². The Kier molecular flexibility index (Phi) is 4.95. The Labute approximate surface area is 148 Å². The first-order valence-electron chi connectivity index (χ1n) is 6.91. The normalized spacial score (nSPS) is 11.0. The van der Waals surface area contributed by atoms with E-state index < -0.39 is 12.5 Å². The quantitative estimate of drug-likeness (QED) is 0.731. The van der Waals surface area contributed by atoms with Crippen molar-refractivity contribution in [3.05, 3.63) is 51.3 Å². The summed E-state index contributed by atoms with van der Waals surface area (Å²) in [6.45, 7) is -3.24. The number of rotatable bonds is 5. The molecule has 0 saturated carbocycles. The summed E-state index contributed by atoms with van der Waals surface area (Å²) < 4.78 is 29.8. The van der Waals surface area contributed by atoms with Crippen LogP contribution in [0.25, 0.3) is 10.2 Å². The van der Waals surface area contributed by atoms with E-state index in [0.717, 1.165) is 0 Å². The number of carbonyl (C=O) groups excluding carboxylic acids is 1. The predicted molar refractivity (Wildman–Crippen MR) is 90.6 cm³/mol. The molecule has 0 unspecified atom stereocenters. The lowest BCUT2D eigenvalue weighted by molar-refractivity contribution is -0.116. The predicted octanol–water partition coefficient (Wildman–Crippen LogP) is 3.35. The first-order chi connectivity index (χ1) is 11.9. The van der Waals surface area contributed by atoms with Gasteiger partial charge in [0.15, 0.2) is 0 Å². The van der Waals surface area contributed by atoms with Crippen LogP contribution in [0.1, 0.15) is 0 Å². The summed E-state index contributed by atoms with van der Waals surface area (Å²) in [5.41, 5.74) is -0.0330. The largest absolute Gasteiger partial charge is 0.433 e. The third-order valence-electron chi connectivity index (χ3n) is 3.20. The third kappa shape index (κ3) is 3.94. The minimum atomic E-state index is -3.00. The second kappa shape index (κ2) is 7.16. The summed E-state index contributed by atoms with van der Waals surface area (Å²) in [4.78, 5) is 29.0. The molecule has 0 spiro atoms. The van der Waals surface area contributed by atoms with Gasteiger partial charge in [-0.25, -0.2) is 4.98 Å². The van der Waals surface area contributed by atoms with Crippen molar-refractivity contribution in [1.82, 2.24) is 9.55 Å². The van der Waals surface area contributed by atoms with E-state index in [2.05, 4.69) is 15.0 Å². The summed E-state index contributed by atoms with van der Waals surface area (Å²) in [5, 5.41) is 4.64. The highest BCUT2D eigenvalue weighted by molar-refractivity contribution is 7.16. The van der Waals surface area contributed by atoms with Crippen LogP contribution in [-0.2, 0) is 11.3 Å². The number of nitrogens with one attached hydrogen (secondary N) is 1. The van der Waals surface area contributed by atoms with Crippen LogP contribution < -0.4 is 15.6 Å². The maximum absolute atomic E-state index is 12.2. The Morgan fingerprint density at radius 1 is 1.40 bits per heavy atom. The zero-order valence-electron chi connectivity index (χ0n) is 12.4. The topological polar surface area (TPSA) is 73.2 Å². The van der Waals surface area contributed by atoms with Crippen molar-refractivity contribution >= 4 is 44.7 Å². The van der Waals surface area contributed by atoms with Gasteiger partial charge in [-0.05, 0) is 29.6 Å². The van der Waals surface area contributed by atoms with Crippen molar-refractivity contribution in [1.29, 1.82) is 0 Å². The lowest BCUT2D eigenvalue weighted by Crippen LogP contribution is -2.27. The first-order valence-corrected chi connectivity index (χ1v) is 8.16. The number of carbonyl (C=O) groups is 1. The molecule has 10 heteroatoms. The number of alkyl halides is 2. The zero-order chi connectivity index (χ0) is 18.0. The van der Waals surface area contributed by atoms with Gasteiger partial charge in [-0.15, -0.1) is 11.3 Å². The van der Waals surface area contributed by atoms with Crippen molar-refractivity contribution in [3.63, 3.8) is 0 Å². The molecular formula is C15H10ClF2N3O3S. The van der Waals surface area contributed by atoms with Crippen molar-refractivity contribution in [3.8, 4) is 5.75 Å². The lowest BCUT2D eigenvalue weighted by Gasteiger charge is -2.10. The number of halogens is 3. The van der Waals surface area contributed by atoms with E-state index in [4.69, 9.17) is 11.6 Å². The molecule has 0 bridgehead atoms. The van der Waals surface area contributed by atoms with Gasteiger partial charge in [0.25, 0.3) is 5.56 Å². The summed E-state index contributed by atoms with van der Waals surface area (Å²) >= 11 is 7.16. The molecule has 25 heavy (non-hydrogen) atoms. The molecule has 2 heterocycles. The molecule has 1 aromatic carbocycles. The highest BCUT2D eigenvalue weighted by Crippen LogP contribution is 2.28. The molecule has 1 amide bonds. The first kappa shape index (κ1) is 17.3. The molecule has 0 aliphatic rings. The number of benzene rings is 1. The number of fused-ring (bicyclic) bond motifs is 1. The van der Waals surface area contributed by atoms with Crippen molar-refractivity contribution in [2.24, 2.45) is 0 Å². The van der Waals surface area contributed by atoms with Gasteiger partial charge in [0.05, 0.1) is 16.7 Å². The second-order valence-electron chi connectivity index (χ2n) is 4.89. The summed E-state index contributed by atoms with van der Waals surface area (Å²) in [6, 6.07) is 5.51. The molecule has 0 atom stereocenters. The SMILES string of the molecule is O=C(Cn1cnc2sccc2c1=O)Nc1ccc(OC(F)F)c(Cl)c1. The van der Waals surface area contributed by atoms with Crippen LogP contribution in [0.5, 0.6) is 5.75 Å². The highest BCUT2D eigenvalue weighted by atomic mass is 35.5. The molecule has 130 valence electrons. The van der Waals surface area contributed by atoms with Gasteiger partial charge < -0.3 is 10.1 Å².